The highest BCUT2D eigenvalue weighted by Gasteiger charge is 2.19. The number of aryl methyl sites for hydroxylation is 1. The Hall–Kier alpha value is -2.33. The van der Waals surface area contributed by atoms with E-state index in [0.717, 1.165) is 24.2 Å². The van der Waals surface area contributed by atoms with Crippen molar-refractivity contribution in [2.45, 2.75) is 19.4 Å². The average Bonchev–Trinajstić information content (AvgIpc) is 2.97. The summed E-state index contributed by atoms with van der Waals surface area (Å²) in [7, 11) is 0. The van der Waals surface area contributed by atoms with Crippen LogP contribution < -0.4 is 4.90 Å². The number of halogens is 1. The summed E-state index contributed by atoms with van der Waals surface area (Å²) in [5.74, 6) is -0.896. The van der Waals surface area contributed by atoms with Crippen LogP contribution in [0.5, 0.6) is 5.75 Å². The number of anilines is 1. The van der Waals surface area contributed by atoms with Crippen LogP contribution in [0.2, 0.25) is 0 Å². The lowest BCUT2D eigenvalue weighted by molar-refractivity contribution is 0.198. The molecule has 0 aromatic heterocycles. The molecule has 2 N–H and O–H groups in total. The molecule has 0 aliphatic carbocycles. The molecule has 2 aromatic carbocycles. The van der Waals surface area contributed by atoms with Gasteiger partial charge in [-0.15, -0.1) is 0 Å². The first kappa shape index (κ1) is 15.6. The molecule has 0 saturated carbocycles. The van der Waals surface area contributed by atoms with Crippen molar-refractivity contribution >= 4 is 17.8 Å². The Bertz CT molecular complexity index is 702. The van der Waals surface area contributed by atoms with Crippen molar-refractivity contribution in [1.82, 2.24) is 0 Å². The second kappa shape index (κ2) is 6.42. The first-order chi connectivity index (χ1) is 11.0. The van der Waals surface area contributed by atoms with E-state index in [1.54, 1.807) is 13.0 Å². The second-order valence-corrected chi connectivity index (χ2v) is 5.98. The fourth-order valence-corrected chi connectivity index (χ4v) is 2.82. The number of aliphatic hydroxyl groups is 1. The number of aromatic hydroxyl groups is 1. The second-order valence-electron chi connectivity index (χ2n) is 5.98. The van der Waals surface area contributed by atoms with Gasteiger partial charge in [0.15, 0.2) is 11.6 Å². The third kappa shape index (κ3) is 3.54. The van der Waals surface area contributed by atoms with Crippen molar-refractivity contribution < 1.29 is 14.6 Å². The summed E-state index contributed by atoms with van der Waals surface area (Å²) >= 11 is 0. The molecule has 3 nitrogen and oxygen atoms in total. The molecule has 1 saturated heterocycles. The van der Waals surface area contributed by atoms with Crippen molar-refractivity contribution in [3.05, 3.63) is 58.9 Å². The number of aliphatic hydroxyl groups excluding tert-OH is 1. The number of benzene rings is 2. The molecule has 120 valence electrons. The summed E-state index contributed by atoms with van der Waals surface area (Å²) in [5.41, 5.74) is 3.35. The van der Waals surface area contributed by atoms with Gasteiger partial charge in [0.2, 0.25) is 0 Å². The molecule has 0 amide bonds. The van der Waals surface area contributed by atoms with E-state index < -0.39 is 5.82 Å². The van der Waals surface area contributed by atoms with Gasteiger partial charge in [0.25, 0.3) is 0 Å². The molecular formula is C19H20FNO2. The van der Waals surface area contributed by atoms with Crippen LogP contribution in [0.4, 0.5) is 10.1 Å². The average molecular weight is 313 g/mol. The molecule has 1 aliphatic heterocycles. The van der Waals surface area contributed by atoms with E-state index in [2.05, 4.69) is 4.90 Å². The predicted molar refractivity (Wildman–Crippen MR) is 91.0 cm³/mol. The minimum atomic E-state index is -0.604. The Morgan fingerprint density at radius 1 is 1.13 bits per heavy atom. The van der Waals surface area contributed by atoms with Crippen molar-refractivity contribution in [2.75, 3.05) is 18.0 Å². The maximum Gasteiger partial charge on any atom is 0.165 e. The molecule has 1 aliphatic rings. The highest BCUT2D eigenvalue weighted by molar-refractivity contribution is 5.71. The molecule has 1 unspecified atom stereocenters. The van der Waals surface area contributed by atoms with Gasteiger partial charge >= 0.3 is 0 Å². The first-order valence-electron chi connectivity index (χ1n) is 7.73. The minimum Gasteiger partial charge on any atom is -0.505 e. The van der Waals surface area contributed by atoms with Gasteiger partial charge in [-0.05, 0) is 54.3 Å². The van der Waals surface area contributed by atoms with Crippen LogP contribution in [-0.2, 0) is 0 Å². The van der Waals surface area contributed by atoms with Crippen LogP contribution >= 0.6 is 0 Å². The fraction of sp³-hybridized carbons (Fsp3) is 0.263. The van der Waals surface area contributed by atoms with Gasteiger partial charge in [0, 0.05) is 18.8 Å². The number of hydrogen-bond acceptors (Lipinski definition) is 3. The Balaban J connectivity index is 1.73. The van der Waals surface area contributed by atoms with Gasteiger partial charge in [-0.25, -0.2) is 4.39 Å². The molecule has 2 aromatic rings. The van der Waals surface area contributed by atoms with E-state index in [1.807, 2.05) is 36.4 Å². The molecule has 3 rings (SSSR count). The largest absolute Gasteiger partial charge is 0.505 e. The highest BCUT2D eigenvalue weighted by Crippen LogP contribution is 2.24. The SMILES string of the molecule is Cc1cc(/C=C/c2ccc(N3CCC(O)C3)cc2)cc(F)c1O. The van der Waals surface area contributed by atoms with Gasteiger partial charge in [-0.2, -0.15) is 0 Å². The van der Waals surface area contributed by atoms with Crippen LogP contribution in [0.15, 0.2) is 36.4 Å². The normalized spacial score (nSPS) is 18.0. The molecule has 1 fully saturated rings. The third-order valence-corrected chi connectivity index (χ3v) is 4.17. The Labute approximate surface area is 135 Å². The molecule has 1 heterocycles. The van der Waals surface area contributed by atoms with E-state index in [1.165, 1.54) is 6.07 Å². The summed E-state index contributed by atoms with van der Waals surface area (Å²) in [4.78, 5) is 2.16. The van der Waals surface area contributed by atoms with Gasteiger partial charge in [0.05, 0.1) is 6.10 Å². The van der Waals surface area contributed by atoms with Gasteiger partial charge in [0.1, 0.15) is 0 Å². The maximum atomic E-state index is 13.5. The van der Waals surface area contributed by atoms with Crippen molar-refractivity contribution in [1.29, 1.82) is 0 Å². The minimum absolute atomic E-state index is 0.234. The van der Waals surface area contributed by atoms with E-state index in [-0.39, 0.29) is 11.9 Å². The molecule has 1 atom stereocenters. The molecule has 4 heteroatoms. The van der Waals surface area contributed by atoms with Crippen LogP contribution in [0.25, 0.3) is 12.2 Å². The maximum absolute atomic E-state index is 13.5. The summed E-state index contributed by atoms with van der Waals surface area (Å²) in [6, 6.07) is 11.1. The third-order valence-electron chi connectivity index (χ3n) is 4.17. The predicted octanol–water partition coefficient (Wildman–Crippen LogP) is 3.58. The summed E-state index contributed by atoms with van der Waals surface area (Å²) < 4.78 is 13.5. The highest BCUT2D eigenvalue weighted by atomic mass is 19.1. The Kier molecular flexibility index (Phi) is 4.35. The topological polar surface area (TPSA) is 43.7 Å². The number of rotatable bonds is 3. The number of phenolic OH excluding ortho intramolecular Hbond substituents is 1. The van der Waals surface area contributed by atoms with Crippen molar-refractivity contribution in [2.24, 2.45) is 0 Å². The number of β-amino-alcohol motifs (C(OH)–C–C–N with tert-alkyl or cyclic N) is 1. The number of hydrogen-bond donors (Lipinski definition) is 2. The van der Waals surface area contributed by atoms with E-state index >= 15 is 0 Å². The smallest absolute Gasteiger partial charge is 0.165 e. The zero-order valence-electron chi connectivity index (χ0n) is 13.0. The van der Waals surface area contributed by atoms with Gasteiger partial charge in [-0.3, -0.25) is 0 Å². The molecule has 0 spiro atoms. The van der Waals surface area contributed by atoms with E-state index in [0.29, 0.717) is 17.7 Å². The van der Waals surface area contributed by atoms with E-state index in [9.17, 15) is 14.6 Å². The Morgan fingerprint density at radius 2 is 1.83 bits per heavy atom. The van der Waals surface area contributed by atoms with Crippen LogP contribution in [0, 0.1) is 12.7 Å². The van der Waals surface area contributed by atoms with Crippen molar-refractivity contribution in [3.63, 3.8) is 0 Å². The first-order valence-corrected chi connectivity index (χ1v) is 7.73. The summed E-state index contributed by atoms with van der Waals surface area (Å²) in [6.45, 7) is 3.23. The quantitative estimate of drug-likeness (QED) is 0.851. The standard InChI is InChI=1S/C19H20FNO2/c1-13-10-15(11-18(20)19(13)23)3-2-14-4-6-16(7-5-14)21-9-8-17(22)12-21/h2-7,10-11,17,22-23H,8-9,12H2,1H3/b3-2+. The van der Waals surface area contributed by atoms with E-state index in [4.69, 9.17) is 0 Å². The Morgan fingerprint density at radius 3 is 2.43 bits per heavy atom. The van der Waals surface area contributed by atoms with Gasteiger partial charge < -0.3 is 15.1 Å². The molecule has 0 radical (unpaired) electrons. The molecule has 23 heavy (non-hydrogen) atoms. The lowest BCUT2D eigenvalue weighted by atomic mass is 10.1. The fourth-order valence-electron chi connectivity index (χ4n) is 2.82. The summed E-state index contributed by atoms with van der Waals surface area (Å²) in [6.07, 6.45) is 4.31. The van der Waals surface area contributed by atoms with Crippen LogP contribution in [0.3, 0.4) is 0 Å². The zero-order chi connectivity index (χ0) is 16.4. The van der Waals surface area contributed by atoms with Crippen molar-refractivity contribution in [3.8, 4) is 5.75 Å². The van der Waals surface area contributed by atoms with Crippen LogP contribution in [0.1, 0.15) is 23.1 Å². The number of nitrogens with zero attached hydrogens (tertiary/aromatic N) is 1. The monoisotopic (exact) mass is 313 g/mol. The number of phenols is 1. The molecule has 0 bridgehead atoms. The lowest BCUT2D eigenvalue weighted by Gasteiger charge is -2.17. The zero-order valence-corrected chi connectivity index (χ0v) is 13.0. The van der Waals surface area contributed by atoms with Crippen LogP contribution in [-0.4, -0.2) is 29.4 Å². The summed E-state index contributed by atoms with van der Waals surface area (Å²) in [5, 5.41) is 19.0. The molecular weight excluding hydrogens is 293 g/mol. The lowest BCUT2D eigenvalue weighted by Crippen LogP contribution is -2.20. The van der Waals surface area contributed by atoms with Gasteiger partial charge in [-0.1, -0.05) is 24.3 Å².